The number of hydrogen-bond acceptors (Lipinski definition) is 4. The molecule has 0 spiro atoms. The molecule has 2 aromatic rings. The summed E-state index contributed by atoms with van der Waals surface area (Å²) >= 11 is 0. The lowest BCUT2D eigenvalue weighted by Crippen LogP contribution is -2.35. The molecule has 3 rings (SSSR count). The molecule has 1 atom stereocenters. The normalized spacial score (nSPS) is 17.1. The number of ether oxygens (including phenoxy) is 1. The number of rotatable bonds is 6. The highest BCUT2D eigenvalue weighted by molar-refractivity contribution is 5.80. The molecule has 2 heterocycles. The molecule has 6 nitrogen and oxygen atoms in total. The van der Waals surface area contributed by atoms with Gasteiger partial charge in [-0.05, 0) is 44.7 Å². The lowest BCUT2D eigenvalue weighted by molar-refractivity contribution is -0.130. The van der Waals surface area contributed by atoms with Gasteiger partial charge in [-0.15, -0.1) is 0 Å². The average Bonchev–Trinajstić information content (AvgIpc) is 3.12. The van der Waals surface area contributed by atoms with Crippen LogP contribution in [0.25, 0.3) is 11.0 Å². The van der Waals surface area contributed by atoms with Gasteiger partial charge >= 0.3 is 0 Å². The Labute approximate surface area is 147 Å². The first-order valence-electron chi connectivity index (χ1n) is 8.88. The van der Waals surface area contributed by atoms with E-state index in [-0.39, 0.29) is 18.0 Å². The van der Waals surface area contributed by atoms with E-state index in [0.717, 1.165) is 37.8 Å². The molecular weight excluding hydrogens is 318 g/mol. The van der Waals surface area contributed by atoms with Crippen molar-refractivity contribution in [1.82, 2.24) is 14.5 Å². The van der Waals surface area contributed by atoms with Crippen molar-refractivity contribution >= 4 is 16.9 Å². The van der Waals surface area contributed by atoms with Gasteiger partial charge in [0, 0.05) is 20.2 Å². The Balaban J connectivity index is 1.66. The standard InChI is InChI=1S/C19H25N3O3/c1-14-19(24)22(17-10-4-3-9-16(17)20-14)13-18(23)21(2)11-5-7-15-8-6-12-25-15/h3-4,9-10,15H,5-8,11-13H2,1-2H3. The largest absolute Gasteiger partial charge is 0.378 e. The minimum Gasteiger partial charge on any atom is -0.378 e. The Morgan fingerprint density at radius 2 is 2.20 bits per heavy atom. The molecule has 1 aromatic heterocycles. The second-order valence-electron chi connectivity index (χ2n) is 6.67. The predicted molar refractivity (Wildman–Crippen MR) is 96.6 cm³/mol. The molecule has 6 heteroatoms. The Bertz CT molecular complexity index is 809. The van der Waals surface area contributed by atoms with Gasteiger partial charge in [0.05, 0.1) is 17.1 Å². The molecule has 25 heavy (non-hydrogen) atoms. The number of aryl methyl sites for hydroxylation is 1. The van der Waals surface area contributed by atoms with E-state index in [0.29, 0.717) is 23.9 Å². The van der Waals surface area contributed by atoms with Gasteiger partial charge in [-0.25, -0.2) is 4.98 Å². The predicted octanol–water partition coefficient (Wildman–Crippen LogP) is 2.12. The molecule has 1 amide bonds. The maximum Gasteiger partial charge on any atom is 0.272 e. The zero-order chi connectivity index (χ0) is 17.8. The molecule has 1 saturated heterocycles. The van der Waals surface area contributed by atoms with Crippen LogP contribution in [-0.2, 0) is 16.1 Å². The Morgan fingerprint density at radius 1 is 1.40 bits per heavy atom. The quantitative estimate of drug-likeness (QED) is 0.806. The van der Waals surface area contributed by atoms with Crippen LogP contribution in [-0.4, -0.2) is 46.7 Å². The molecule has 1 aliphatic rings. The number of carbonyl (C=O) groups is 1. The zero-order valence-corrected chi connectivity index (χ0v) is 14.9. The lowest BCUT2D eigenvalue weighted by atomic mass is 10.1. The van der Waals surface area contributed by atoms with E-state index in [2.05, 4.69) is 4.98 Å². The first-order valence-corrected chi connectivity index (χ1v) is 8.88. The van der Waals surface area contributed by atoms with Crippen molar-refractivity contribution in [3.05, 3.63) is 40.3 Å². The summed E-state index contributed by atoms with van der Waals surface area (Å²) in [7, 11) is 1.79. The number of nitrogens with zero attached hydrogens (tertiary/aromatic N) is 3. The summed E-state index contributed by atoms with van der Waals surface area (Å²) in [6, 6.07) is 7.41. The first-order chi connectivity index (χ1) is 12.1. The van der Waals surface area contributed by atoms with Gasteiger partial charge in [0.25, 0.3) is 5.56 Å². The highest BCUT2D eigenvalue weighted by Gasteiger charge is 2.17. The van der Waals surface area contributed by atoms with Gasteiger partial charge in [0.15, 0.2) is 0 Å². The Hall–Kier alpha value is -2.21. The van der Waals surface area contributed by atoms with Gasteiger partial charge in [0.1, 0.15) is 12.2 Å². The van der Waals surface area contributed by atoms with Gasteiger partial charge in [-0.1, -0.05) is 12.1 Å². The molecular formula is C19H25N3O3. The van der Waals surface area contributed by atoms with Crippen molar-refractivity contribution < 1.29 is 9.53 Å². The molecule has 1 aliphatic heterocycles. The minimum atomic E-state index is -0.209. The van der Waals surface area contributed by atoms with Crippen LogP contribution in [0.3, 0.4) is 0 Å². The SMILES string of the molecule is Cc1nc2ccccc2n(CC(=O)N(C)CCCC2CCCO2)c1=O. The summed E-state index contributed by atoms with van der Waals surface area (Å²) in [5, 5.41) is 0. The molecule has 0 N–H and O–H groups in total. The fourth-order valence-electron chi connectivity index (χ4n) is 3.29. The van der Waals surface area contributed by atoms with Gasteiger partial charge in [-0.2, -0.15) is 0 Å². The number of aromatic nitrogens is 2. The highest BCUT2D eigenvalue weighted by atomic mass is 16.5. The lowest BCUT2D eigenvalue weighted by Gasteiger charge is -2.19. The maximum absolute atomic E-state index is 12.6. The number of para-hydroxylation sites is 2. The van der Waals surface area contributed by atoms with Crippen LogP contribution in [0.4, 0.5) is 0 Å². The number of amides is 1. The Kier molecular flexibility index (Phi) is 5.48. The van der Waals surface area contributed by atoms with Crippen LogP contribution in [0.15, 0.2) is 29.1 Å². The van der Waals surface area contributed by atoms with E-state index >= 15 is 0 Å². The molecule has 0 bridgehead atoms. The number of likely N-dealkylation sites (N-methyl/N-ethyl adjacent to an activating group) is 1. The smallest absolute Gasteiger partial charge is 0.272 e. The third-order valence-corrected chi connectivity index (χ3v) is 4.78. The van der Waals surface area contributed by atoms with E-state index in [1.807, 2.05) is 24.3 Å². The van der Waals surface area contributed by atoms with Crippen LogP contribution >= 0.6 is 0 Å². The van der Waals surface area contributed by atoms with Crippen molar-refractivity contribution in [1.29, 1.82) is 0 Å². The molecule has 134 valence electrons. The summed E-state index contributed by atoms with van der Waals surface area (Å²) in [5.41, 5.74) is 1.62. The van der Waals surface area contributed by atoms with E-state index in [4.69, 9.17) is 4.74 Å². The number of hydrogen-bond donors (Lipinski definition) is 0. The van der Waals surface area contributed by atoms with Crippen molar-refractivity contribution in [2.45, 2.75) is 45.3 Å². The fourth-order valence-corrected chi connectivity index (χ4v) is 3.29. The minimum absolute atomic E-state index is 0.0408. The van der Waals surface area contributed by atoms with Crippen LogP contribution < -0.4 is 5.56 Å². The van der Waals surface area contributed by atoms with E-state index in [9.17, 15) is 9.59 Å². The van der Waals surface area contributed by atoms with Crippen molar-refractivity contribution in [3.8, 4) is 0 Å². The van der Waals surface area contributed by atoms with Crippen LogP contribution in [0.5, 0.6) is 0 Å². The monoisotopic (exact) mass is 343 g/mol. The average molecular weight is 343 g/mol. The summed E-state index contributed by atoms with van der Waals surface area (Å²) < 4.78 is 7.14. The van der Waals surface area contributed by atoms with Crippen LogP contribution in [0, 0.1) is 6.92 Å². The summed E-state index contributed by atoms with van der Waals surface area (Å²) in [6.07, 6.45) is 4.50. The second kappa shape index (κ2) is 7.78. The third-order valence-electron chi connectivity index (χ3n) is 4.78. The van der Waals surface area contributed by atoms with Gasteiger partial charge < -0.3 is 9.64 Å². The summed E-state index contributed by atoms with van der Waals surface area (Å²) in [4.78, 5) is 31.0. The summed E-state index contributed by atoms with van der Waals surface area (Å²) in [6.45, 7) is 3.26. The maximum atomic E-state index is 12.6. The second-order valence-corrected chi connectivity index (χ2v) is 6.67. The molecule has 1 unspecified atom stereocenters. The van der Waals surface area contributed by atoms with Gasteiger partial charge in [-0.3, -0.25) is 14.2 Å². The number of fused-ring (bicyclic) bond motifs is 1. The zero-order valence-electron chi connectivity index (χ0n) is 14.9. The van der Waals surface area contributed by atoms with Gasteiger partial charge in [0.2, 0.25) is 5.91 Å². The molecule has 0 saturated carbocycles. The molecule has 0 radical (unpaired) electrons. The molecule has 0 aliphatic carbocycles. The van der Waals surface area contributed by atoms with Crippen molar-refractivity contribution in [3.63, 3.8) is 0 Å². The fraction of sp³-hybridized carbons (Fsp3) is 0.526. The van der Waals surface area contributed by atoms with E-state index in [1.54, 1.807) is 18.9 Å². The number of carbonyl (C=O) groups excluding carboxylic acids is 1. The number of benzene rings is 1. The van der Waals surface area contributed by atoms with E-state index in [1.165, 1.54) is 4.57 Å². The molecule has 1 aromatic carbocycles. The first kappa shape index (κ1) is 17.6. The topological polar surface area (TPSA) is 64.4 Å². The highest BCUT2D eigenvalue weighted by Crippen LogP contribution is 2.17. The van der Waals surface area contributed by atoms with Crippen molar-refractivity contribution in [2.24, 2.45) is 0 Å². The Morgan fingerprint density at radius 3 is 2.96 bits per heavy atom. The third kappa shape index (κ3) is 4.07. The summed E-state index contributed by atoms with van der Waals surface area (Å²) in [5.74, 6) is -0.0646. The van der Waals surface area contributed by atoms with E-state index < -0.39 is 0 Å². The molecule has 1 fully saturated rings. The van der Waals surface area contributed by atoms with Crippen LogP contribution in [0.2, 0.25) is 0 Å². The van der Waals surface area contributed by atoms with Crippen molar-refractivity contribution in [2.75, 3.05) is 20.2 Å². The van der Waals surface area contributed by atoms with Crippen LogP contribution in [0.1, 0.15) is 31.4 Å².